The molecular formula is C32H66N2. The summed E-state index contributed by atoms with van der Waals surface area (Å²) in [6, 6.07) is 0. The molecule has 34 heavy (non-hydrogen) atoms. The van der Waals surface area contributed by atoms with E-state index < -0.39 is 0 Å². The summed E-state index contributed by atoms with van der Waals surface area (Å²) in [5.41, 5.74) is 4.58. The number of allylic oxidation sites excluding steroid dienone is 4. The molecule has 0 aromatic carbocycles. The van der Waals surface area contributed by atoms with Crippen LogP contribution in [0.3, 0.4) is 0 Å². The molecule has 0 rings (SSSR count). The molecule has 2 heteroatoms. The van der Waals surface area contributed by atoms with Crippen LogP contribution in [0, 0.1) is 25.0 Å². The van der Waals surface area contributed by atoms with Gasteiger partial charge in [-0.25, -0.2) is 0 Å². The van der Waals surface area contributed by atoms with Gasteiger partial charge in [0.05, 0.1) is 0 Å². The highest BCUT2D eigenvalue weighted by molar-refractivity contribution is 4.97. The zero-order chi connectivity index (χ0) is 26.8. The van der Waals surface area contributed by atoms with Crippen molar-refractivity contribution in [1.29, 1.82) is 0 Å². The Morgan fingerprint density at radius 1 is 0.618 bits per heavy atom. The summed E-state index contributed by atoms with van der Waals surface area (Å²) < 4.78 is 0. The van der Waals surface area contributed by atoms with Crippen LogP contribution < -0.4 is 10.6 Å². The number of rotatable bonds is 21. The minimum Gasteiger partial charge on any atom is -0.389 e. The molecule has 204 valence electrons. The second kappa shape index (κ2) is 27.8. The van der Waals surface area contributed by atoms with Crippen molar-refractivity contribution in [1.82, 2.24) is 10.6 Å². The first-order valence-corrected chi connectivity index (χ1v) is 14.3. The highest BCUT2D eigenvalue weighted by atomic mass is 14.9. The summed E-state index contributed by atoms with van der Waals surface area (Å²) in [4.78, 5) is 0. The van der Waals surface area contributed by atoms with Gasteiger partial charge in [-0.3, -0.25) is 0 Å². The van der Waals surface area contributed by atoms with Crippen LogP contribution in [0.25, 0.3) is 0 Å². The van der Waals surface area contributed by atoms with Crippen molar-refractivity contribution in [3.63, 3.8) is 0 Å². The van der Waals surface area contributed by atoms with Crippen LogP contribution in [0.15, 0.2) is 35.7 Å². The van der Waals surface area contributed by atoms with Crippen molar-refractivity contribution in [3.05, 3.63) is 48.9 Å². The molecule has 0 aliphatic carbocycles. The van der Waals surface area contributed by atoms with E-state index in [1.165, 1.54) is 43.4 Å². The molecule has 0 unspecified atom stereocenters. The maximum atomic E-state index is 6.08. The average Bonchev–Trinajstić information content (AvgIpc) is 2.83. The van der Waals surface area contributed by atoms with E-state index in [1.807, 2.05) is 27.7 Å². The first-order chi connectivity index (χ1) is 16.2. The number of hydrogen-bond acceptors (Lipinski definition) is 2. The Balaban J connectivity index is -0.000000506. The van der Waals surface area contributed by atoms with E-state index in [9.17, 15) is 0 Å². The van der Waals surface area contributed by atoms with Gasteiger partial charge in [-0.2, -0.15) is 0 Å². The van der Waals surface area contributed by atoms with E-state index in [1.54, 1.807) is 0 Å². The highest BCUT2D eigenvalue weighted by Crippen LogP contribution is 2.17. The molecule has 0 amide bonds. The Morgan fingerprint density at radius 3 is 1.62 bits per heavy atom. The van der Waals surface area contributed by atoms with Crippen LogP contribution >= 0.6 is 0 Å². The van der Waals surface area contributed by atoms with Gasteiger partial charge in [0.1, 0.15) is 0 Å². The molecule has 0 atom stereocenters. The van der Waals surface area contributed by atoms with E-state index in [-0.39, 0.29) is 2.85 Å². The third-order valence-electron chi connectivity index (χ3n) is 5.78. The van der Waals surface area contributed by atoms with E-state index >= 15 is 0 Å². The van der Waals surface area contributed by atoms with Gasteiger partial charge < -0.3 is 10.6 Å². The van der Waals surface area contributed by atoms with Crippen molar-refractivity contribution in [2.45, 2.75) is 132 Å². The van der Waals surface area contributed by atoms with Gasteiger partial charge >= 0.3 is 0 Å². The molecule has 0 fully saturated rings. The zero-order valence-electron chi connectivity index (χ0n) is 24.6. The van der Waals surface area contributed by atoms with Gasteiger partial charge in [0, 0.05) is 27.3 Å². The summed E-state index contributed by atoms with van der Waals surface area (Å²) >= 11 is 0. The van der Waals surface area contributed by atoms with Crippen molar-refractivity contribution in [3.8, 4) is 0 Å². The van der Waals surface area contributed by atoms with Crippen LogP contribution in [-0.2, 0) is 0 Å². The first-order valence-electron chi connectivity index (χ1n) is 14.3. The smallest absolute Gasteiger partial charge is 0.0143 e. The lowest BCUT2D eigenvalue weighted by Gasteiger charge is -2.12. The predicted octanol–water partition coefficient (Wildman–Crippen LogP) is 10.4. The molecule has 0 aromatic heterocycles. The van der Waals surface area contributed by atoms with Crippen LogP contribution in [0.1, 0.15) is 135 Å². The Kier molecular flexibility index (Phi) is 30.3. The standard InChI is InChI=1S/C28H50N2.2C2H6.2H2/c1-23(2)25(5)17-11-13-19-27(7)29-21-15-9-10-16-22-30-28(8)20-14-12-18-26(6)24(3)4;2*1-2;;/h5,8,23-24,29-30H,6-7,9-22H2,1-4H3;2*1-2H3;2*1H. The summed E-state index contributed by atoms with van der Waals surface area (Å²) in [6.45, 7) is 39.1. The minimum atomic E-state index is 0. The lowest BCUT2D eigenvalue weighted by Crippen LogP contribution is -2.15. The van der Waals surface area contributed by atoms with Crippen molar-refractivity contribution >= 4 is 0 Å². The molecular weight excluding hydrogens is 412 g/mol. The number of hydrogen-bond donors (Lipinski definition) is 2. The molecule has 0 saturated carbocycles. The van der Waals surface area contributed by atoms with Crippen LogP contribution in [0.4, 0.5) is 0 Å². The summed E-state index contributed by atoms with van der Waals surface area (Å²) in [7, 11) is 0. The minimum absolute atomic E-state index is 0. The number of unbranched alkanes of at least 4 members (excludes halogenated alkanes) is 5. The summed E-state index contributed by atoms with van der Waals surface area (Å²) in [5.74, 6) is 1.09. The summed E-state index contributed by atoms with van der Waals surface area (Å²) in [5, 5.41) is 6.85. The molecule has 0 spiro atoms. The first kappa shape index (κ1) is 37.1. The molecule has 2 N–H and O–H groups in total. The van der Waals surface area contributed by atoms with E-state index in [0.29, 0.717) is 11.8 Å². The van der Waals surface area contributed by atoms with Gasteiger partial charge in [0.15, 0.2) is 0 Å². The Morgan fingerprint density at radius 2 is 1.09 bits per heavy atom. The van der Waals surface area contributed by atoms with Gasteiger partial charge in [0.25, 0.3) is 0 Å². The molecule has 0 aliphatic rings. The normalized spacial score (nSPS) is 10.1. The van der Waals surface area contributed by atoms with Crippen molar-refractivity contribution < 1.29 is 2.85 Å². The lowest BCUT2D eigenvalue weighted by molar-refractivity contribution is 0.580. The maximum absolute atomic E-state index is 6.08. The fraction of sp³-hybridized carbons (Fsp3) is 0.750. The quantitative estimate of drug-likeness (QED) is 0.127. The van der Waals surface area contributed by atoms with Crippen molar-refractivity contribution in [2.75, 3.05) is 13.1 Å². The lowest BCUT2D eigenvalue weighted by atomic mass is 9.99. The third kappa shape index (κ3) is 26.8. The van der Waals surface area contributed by atoms with Crippen LogP contribution in [0.5, 0.6) is 0 Å². The number of nitrogens with one attached hydrogen (secondary N) is 2. The Bertz CT molecular complexity index is 464. The van der Waals surface area contributed by atoms with E-state index in [0.717, 1.165) is 69.3 Å². The zero-order valence-corrected chi connectivity index (χ0v) is 24.6. The van der Waals surface area contributed by atoms with Gasteiger partial charge in [-0.05, 0) is 82.6 Å². The van der Waals surface area contributed by atoms with Gasteiger partial charge in [-0.15, -0.1) is 0 Å². The summed E-state index contributed by atoms with van der Waals surface area (Å²) in [6.07, 6.45) is 13.7. The maximum Gasteiger partial charge on any atom is 0.0143 e. The topological polar surface area (TPSA) is 24.1 Å². The van der Waals surface area contributed by atoms with E-state index in [4.69, 9.17) is 13.2 Å². The molecule has 2 nitrogen and oxygen atoms in total. The SMILES string of the molecule is CC.CC.[CH]=C(CCCCC(=C)C(C)C)NCCCCCCNC(=C)CCCCC(=[CH])C(C)C.[HH].[HH]. The highest BCUT2D eigenvalue weighted by Gasteiger charge is 2.02. The molecule has 0 bridgehead atoms. The molecule has 0 saturated heterocycles. The second-order valence-electron chi connectivity index (χ2n) is 9.35. The Labute approximate surface area is 219 Å². The fourth-order valence-corrected chi connectivity index (χ4v) is 3.21. The fourth-order valence-electron chi connectivity index (χ4n) is 3.21. The largest absolute Gasteiger partial charge is 0.389 e. The predicted molar refractivity (Wildman–Crippen MR) is 162 cm³/mol. The third-order valence-corrected chi connectivity index (χ3v) is 5.78. The second-order valence-corrected chi connectivity index (χ2v) is 9.35. The molecule has 0 aliphatic heterocycles. The van der Waals surface area contributed by atoms with E-state index in [2.05, 4.69) is 51.5 Å². The van der Waals surface area contributed by atoms with Gasteiger partial charge in [0.2, 0.25) is 0 Å². The van der Waals surface area contributed by atoms with Crippen LogP contribution in [0.2, 0.25) is 0 Å². The molecule has 0 heterocycles. The molecule has 2 radical (unpaired) electrons. The van der Waals surface area contributed by atoms with Crippen LogP contribution in [-0.4, -0.2) is 13.1 Å². The van der Waals surface area contributed by atoms with Crippen molar-refractivity contribution in [2.24, 2.45) is 11.8 Å². The van der Waals surface area contributed by atoms with Gasteiger partial charge in [-0.1, -0.05) is 99.1 Å². The monoisotopic (exact) mass is 479 g/mol. The Hall–Kier alpha value is -1.44. The average molecular weight is 479 g/mol. The molecule has 0 aromatic rings.